The summed E-state index contributed by atoms with van der Waals surface area (Å²) >= 11 is 0. The number of hydrogen-bond acceptors (Lipinski definition) is 2. The van der Waals surface area contributed by atoms with Crippen LogP contribution < -0.4 is 4.90 Å². The summed E-state index contributed by atoms with van der Waals surface area (Å²) in [6.07, 6.45) is 0. The average molecular weight is 699 g/mol. The number of benzene rings is 9. The van der Waals surface area contributed by atoms with Gasteiger partial charge in [-0.25, -0.2) is 0 Å². The molecule has 0 radical (unpaired) electrons. The van der Waals surface area contributed by atoms with Crippen molar-refractivity contribution >= 4 is 49.8 Å². The molecule has 0 aliphatic heterocycles. The van der Waals surface area contributed by atoms with Crippen LogP contribution in [0.1, 0.15) is 12.3 Å². The minimum absolute atomic E-state index is 0.0799. The number of furan rings is 1. The largest absolute Gasteiger partial charge is 0.455 e. The maximum atomic E-state index is 9.58. The van der Waals surface area contributed by atoms with Gasteiger partial charge < -0.3 is 9.32 Å². The average Bonchev–Trinajstić information content (AvgIpc) is 3.72. The van der Waals surface area contributed by atoms with Crippen LogP contribution in [0.4, 0.5) is 17.1 Å². The third-order valence-electron chi connectivity index (χ3n) is 9.86. The Hall–Kier alpha value is -7.16. The summed E-state index contributed by atoms with van der Waals surface area (Å²) in [6, 6.07) is 46.6. The molecule has 0 atom stereocenters. The first kappa shape index (κ1) is 23.4. The Morgan fingerprint density at radius 1 is 0.389 bits per heavy atom. The van der Waals surface area contributed by atoms with Crippen LogP contribution in [0.15, 0.2) is 217 Å². The molecule has 0 N–H and O–H groups in total. The van der Waals surface area contributed by atoms with E-state index in [0.717, 1.165) is 60.5 Å². The molecule has 0 aliphatic carbocycles. The van der Waals surface area contributed by atoms with Gasteiger partial charge in [0, 0.05) is 33.1 Å². The van der Waals surface area contributed by atoms with Crippen molar-refractivity contribution in [2.24, 2.45) is 0 Å². The normalized spacial score (nSPS) is 13.7. The zero-order valence-corrected chi connectivity index (χ0v) is 28.9. The van der Waals surface area contributed by atoms with Gasteiger partial charge in [-0.3, -0.25) is 0 Å². The van der Waals surface area contributed by atoms with Gasteiger partial charge in [0.15, 0.2) is 0 Å². The predicted molar refractivity (Wildman–Crippen MR) is 228 cm³/mol. The Morgan fingerprint density at radius 3 is 1.76 bits per heavy atom. The third-order valence-corrected chi connectivity index (χ3v) is 9.86. The predicted octanol–water partition coefficient (Wildman–Crippen LogP) is 14.9. The van der Waals surface area contributed by atoms with Crippen molar-refractivity contribution in [1.29, 1.82) is 0 Å². The van der Waals surface area contributed by atoms with Crippen LogP contribution in [-0.4, -0.2) is 0 Å². The molecule has 9 aromatic carbocycles. The Bertz CT molecular complexity index is 3380. The summed E-state index contributed by atoms with van der Waals surface area (Å²) in [5.74, 6) is 0. The molecule has 10 rings (SSSR count). The molecule has 10 aromatic rings. The minimum Gasteiger partial charge on any atom is -0.455 e. The van der Waals surface area contributed by atoms with Crippen LogP contribution in [0.5, 0.6) is 0 Å². The molecule has 0 amide bonds. The Balaban J connectivity index is 1.19. The summed E-state index contributed by atoms with van der Waals surface area (Å²) in [6.45, 7) is 0. The first-order chi connectivity index (χ1) is 30.5. The lowest BCUT2D eigenvalue weighted by atomic mass is 9.96. The molecule has 0 fully saturated rings. The van der Waals surface area contributed by atoms with Gasteiger partial charge in [0.05, 0.1) is 18.0 Å². The molecule has 2 nitrogen and oxygen atoms in total. The molecule has 0 unspecified atom stereocenters. The number of hydrogen-bond donors (Lipinski definition) is 0. The second kappa shape index (κ2) is 13.4. The van der Waals surface area contributed by atoms with Gasteiger partial charge in [-0.05, 0) is 86.7 Å². The molecule has 1 heterocycles. The van der Waals surface area contributed by atoms with Crippen molar-refractivity contribution in [1.82, 2.24) is 0 Å². The fourth-order valence-corrected chi connectivity index (χ4v) is 7.27. The SMILES string of the molecule is [2H]c1c([2H])c([2H])c(-c2c([2H])c([2H])c(N(c3ccc(-c4ccc(-c5ccccc5)cc4)cc3)c3ccccc3-c3cccc4oc5c6ccccc6ccc5c34)c([2H])c2[2H])c([2H])c1[2H]. The molecule has 0 aliphatic rings. The Morgan fingerprint density at radius 2 is 1.00 bits per heavy atom. The second-order valence-corrected chi connectivity index (χ2v) is 13.0. The molecule has 2 heteroatoms. The topological polar surface area (TPSA) is 16.4 Å². The number of rotatable bonds is 7. The molecule has 0 saturated heterocycles. The molecule has 0 spiro atoms. The second-order valence-electron chi connectivity index (χ2n) is 13.0. The van der Waals surface area contributed by atoms with Gasteiger partial charge in [-0.15, -0.1) is 0 Å². The highest BCUT2D eigenvalue weighted by Crippen LogP contribution is 2.46. The highest BCUT2D eigenvalue weighted by molar-refractivity contribution is 6.19. The van der Waals surface area contributed by atoms with Gasteiger partial charge in [-0.1, -0.05) is 170 Å². The van der Waals surface area contributed by atoms with E-state index in [4.69, 9.17) is 11.3 Å². The summed E-state index contributed by atoms with van der Waals surface area (Å²) in [5, 5.41) is 3.81. The van der Waals surface area contributed by atoms with Gasteiger partial charge in [0.25, 0.3) is 0 Å². The van der Waals surface area contributed by atoms with E-state index >= 15 is 0 Å². The lowest BCUT2D eigenvalue weighted by Crippen LogP contribution is -2.11. The van der Waals surface area contributed by atoms with E-state index in [0.29, 0.717) is 17.0 Å². The molecular formula is C52H35NO. The van der Waals surface area contributed by atoms with Gasteiger partial charge >= 0.3 is 0 Å². The van der Waals surface area contributed by atoms with Crippen molar-refractivity contribution in [3.63, 3.8) is 0 Å². The molecule has 0 saturated carbocycles. The summed E-state index contributed by atoms with van der Waals surface area (Å²) in [5.41, 5.74) is 7.31. The maximum Gasteiger partial charge on any atom is 0.143 e. The van der Waals surface area contributed by atoms with E-state index in [1.54, 1.807) is 4.90 Å². The van der Waals surface area contributed by atoms with E-state index < -0.39 is 59.9 Å². The van der Waals surface area contributed by atoms with Gasteiger partial charge in [0.1, 0.15) is 11.2 Å². The van der Waals surface area contributed by atoms with Crippen molar-refractivity contribution in [2.45, 2.75) is 0 Å². The molecule has 0 bridgehead atoms. The maximum absolute atomic E-state index is 9.58. The van der Waals surface area contributed by atoms with E-state index in [1.165, 1.54) is 0 Å². The van der Waals surface area contributed by atoms with Crippen molar-refractivity contribution in [3.8, 4) is 44.5 Å². The zero-order chi connectivity index (χ0) is 43.7. The van der Waals surface area contributed by atoms with Gasteiger partial charge in [-0.2, -0.15) is 0 Å². The monoisotopic (exact) mass is 698 g/mol. The van der Waals surface area contributed by atoms with E-state index in [9.17, 15) is 5.48 Å². The highest BCUT2D eigenvalue weighted by Gasteiger charge is 2.21. The first-order valence-electron chi connectivity index (χ1n) is 22.2. The lowest BCUT2D eigenvalue weighted by Gasteiger charge is -2.28. The van der Waals surface area contributed by atoms with Crippen LogP contribution in [0.2, 0.25) is 0 Å². The van der Waals surface area contributed by atoms with Crippen LogP contribution >= 0.6 is 0 Å². The number of fused-ring (bicyclic) bond motifs is 5. The summed E-state index contributed by atoms with van der Waals surface area (Å²) in [7, 11) is 0. The van der Waals surface area contributed by atoms with Crippen molar-refractivity contribution in [3.05, 3.63) is 212 Å². The quantitative estimate of drug-likeness (QED) is 0.165. The molecule has 54 heavy (non-hydrogen) atoms. The van der Waals surface area contributed by atoms with Crippen LogP contribution in [0, 0.1) is 0 Å². The fourth-order valence-electron chi connectivity index (χ4n) is 7.27. The fraction of sp³-hybridized carbons (Fsp3) is 0. The zero-order valence-electron chi connectivity index (χ0n) is 37.9. The minimum atomic E-state index is -0.633. The lowest BCUT2D eigenvalue weighted by molar-refractivity contribution is 0.673. The summed E-state index contributed by atoms with van der Waals surface area (Å²) in [4.78, 5) is 1.71. The third kappa shape index (κ3) is 5.62. The number of nitrogens with zero attached hydrogens (tertiary/aromatic N) is 1. The van der Waals surface area contributed by atoms with Crippen molar-refractivity contribution in [2.75, 3.05) is 4.90 Å². The van der Waals surface area contributed by atoms with E-state index in [2.05, 4.69) is 48.5 Å². The summed E-state index contributed by atoms with van der Waals surface area (Å²) < 4.78 is 86.4. The number of para-hydroxylation sites is 1. The number of anilines is 3. The smallest absolute Gasteiger partial charge is 0.143 e. The highest BCUT2D eigenvalue weighted by atomic mass is 16.3. The van der Waals surface area contributed by atoms with E-state index in [-0.39, 0.29) is 11.3 Å². The Labute approximate surface area is 327 Å². The van der Waals surface area contributed by atoms with Crippen LogP contribution in [-0.2, 0) is 0 Å². The van der Waals surface area contributed by atoms with Crippen molar-refractivity contribution < 1.29 is 16.8 Å². The van der Waals surface area contributed by atoms with E-state index in [1.807, 2.05) is 109 Å². The van der Waals surface area contributed by atoms with Crippen LogP contribution in [0.3, 0.4) is 0 Å². The molecule has 1 aromatic heterocycles. The van der Waals surface area contributed by atoms with Crippen LogP contribution in [0.25, 0.3) is 77.2 Å². The van der Waals surface area contributed by atoms with Gasteiger partial charge in [0.2, 0.25) is 0 Å². The Kier molecular flexibility index (Phi) is 5.82. The molecule has 254 valence electrons. The first-order valence-corrected chi connectivity index (χ1v) is 17.7. The molecular weight excluding hydrogens is 655 g/mol. The standard InChI is InChI=1S/C52H35NO/c1-3-12-36(13-4-1)38-22-24-39(25-23-38)41-28-33-44(34-29-41)53(43-31-26-40(27-32-43)37-14-5-2-6-15-37)49-20-10-9-18-46(49)47-19-11-21-50-51(47)48-35-30-42-16-7-8-17-45(42)52(48)54-50/h1-35H/i2D,5D,6D,14D,15D,26D,27D,31D,32D.